The molecule has 0 fully saturated rings. The van der Waals surface area contributed by atoms with Crippen LogP contribution in [0.2, 0.25) is 0 Å². The molecule has 0 spiro atoms. The van der Waals surface area contributed by atoms with E-state index in [1.165, 1.54) is 5.56 Å². The summed E-state index contributed by atoms with van der Waals surface area (Å²) in [6.07, 6.45) is 0.895. The van der Waals surface area contributed by atoms with E-state index in [0.29, 0.717) is 12.2 Å². The highest BCUT2D eigenvalue weighted by Gasteiger charge is 2.15. The predicted molar refractivity (Wildman–Crippen MR) is 83.2 cm³/mol. The third-order valence-electron chi connectivity index (χ3n) is 3.53. The largest absolute Gasteiger partial charge is 0.385 e. The van der Waals surface area contributed by atoms with Gasteiger partial charge in [0.25, 0.3) is 5.69 Å². The minimum absolute atomic E-state index is 0.0639. The van der Waals surface area contributed by atoms with Gasteiger partial charge in [-0.05, 0) is 38.8 Å². The minimum atomic E-state index is -0.378. The monoisotopic (exact) mass is 288 g/mol. The molecule has 0 unspecified atom stereocenters. The summed E-state index contributed by atoms with van der Waals surface area (Å²) in [6, 6.07) is 4.98. The molecule has 0 amide bonds. The maximum Gasteiger partial charge on any atom is 0.273 e. The lowest BCUT2D eigenvalue weighted by Crippen LogP contribution is -2.04. The van der Waals surface area contributed by atoms with Gasteiger partial charge in [0.15, 0.2) is 0 Å². The first kappa shape index (κ1) is 15.0. The minimum Gasteiger partial charge on any atom is -0.385 e. The van der Waals surface area contributed by atoms with Crippen LogP contribution < -0.4 is 5.32 Å². The van der Waals surface area contributed by atoms with Crippen LogP contribution in [0, 0.1) is 24.0 Å². The van der Waals surface area contributed by atoms with Crippen molar-refractivity contribution in [2.24, 2.45) is 0 Å². The molecule has 2 aromatic rings. The van der Waals surface area contributed by atoms with E-state index in [0.717, 1.165) is 23.5 Å². The van der Waals surface area contributed by atoms with Gasteiger partial charge < -0.3 is 5.32 Å². The van der Waals surface area contributed by atoms with Gasteiger partial charge in [-0.3, -0.25) is 10.1 Å². The van der Waals surface area contributed by atoms with E-state index >= 15 is 0 Å². The van der Waals surface area contributed by atoms with Crippen molar-refractivity contribution < 1.29 is 4.92 Å². The van der Waals surface area contributed by atoms with E-state index in [2.05, 4.69) is 17.3 Å². The Kier molecular flexibility index (Phi) is 4.26. The van der Waals surface area contributed by atoms with E-state index in [-0.39, 0.29) is 10.6 Å². The fourth-order valence-corrected chi connectivity index (χ4v) is 2.57. The maximum atomic E-state index is 11.1. The second kappa shape index (κ2) is 5.95. The van der Waals surface area contributed by atoms with Crippen LogP contribution in [0.15, 0.2) is 18.2 Å². The van der Waals surface area contributed by atoms with E-state index in [1.54, 1.807) is 16.8 Å². The Morgan fingerprint density at radius 1 is 1.29 bits per heavy atom. The summed E-state index contributed by atoms with van der Waals surface area (Å²) >= 11 is 0. The average molecular weight is 288 g/mol. The molecule has 0 aliphatic rings. The summed E-state index contributed by atoms with van der Waals surface area (Å²) in [5.41, 5.74) is 4.68. The van der Waals surface area contributed by atoms with Crippen molar-refractivity contribution in [3.63, 3.8) is 0 Å². The summed E-state index contributed by atoms with van der Waals surface area (Å²) in [5.74, 6) is 0. The molecule has 2 rings (SSSR count). The normalized spacial score (nSPS) is 10.7. The lowest BCUT2D eigenvalue weighted by atomic mass is 10.1. The molecule has 112 valence electrons. The van der Waals surface area contributed by atoms with Crippen molar-refractivity contribution in [1.29, 1.82) is 0 Å². The second-order valence-electron chi connectivity index (χ2n) is 4.94. The first-order valence-electron chi connectivity index (χ1n) is 7.06. The molecule has 0 saturated heterocycles. The highest BCUT2D eigenvalue weighted by atomic mass is 16.6. The molecule has 0 aliphatic carbocycles. The number of nitro benzene ring substituents is 1. The fourth-order valence-electron chi connectivity index (χ4n) is 2.57. The van der Waals surface area contributed by atoms with Gasteiger partial charge in [-0.2, -0.15) is 5.10 Å². The molecule has 1 heterocycles. The van der Waals surface area contributed by atoms with Gasteiger partial charge in [0.1, 0.15) is 0 Å². The standard InChI is InChI=1S/C15H20N4O2/c1-5-15-10(3)17-18(11(15)4)13-7-12(16-6-2)8-14(9-13)19(20)21/h7-9,16H,5-6H2,1-4H3. The zero-order valence-electron chi connectivity index (χ0n) is 12.8. The number of aryl methyl sites for hydroxylation is 1. The maximum absolute atomic E-state index is 11.1. The molecule has 0 saturated carbocycles. The van der Waals surface area contributed by atoms with Gasteiger partial charge in [0, 0.05) is 30.1 Å². The van der Waals surface area contributed by atoms with Crippen LogP contribution in [0.25, 0.3) is 5.69 Å². The van der Waals surface area contributed by atoms with Gasteiger partial charge in [-0.25, -0.2) is 4.68 Å². The summed E-state index contributed by atoms with van der Waals surface area (Å²) in [4.78, 5) is 10.7. The van der Waals surface area contributed by atoms with Crippen molar-refractivity contribution in [3.05, 3.63) is 45.3 Å². The number of nitro groups is 1. The summed E-state index contributed by atoms with van der Waals surface area (Å²) in [5, 5.41) is 18.7. The van der Waals surface area contributed by atoms with Crippen molar-refractivity contribution in [2.75, 3.05) is 11.9 Å². The van der Waals surface area contributed by atoms with Crippen LogP contribution in [0.4, 0.5) is 11.4 Å². The topological polar surface area (TPSA) is 73.0 Å². The number of non-ortho nitro benzene ring substituents is 1. The zero-order chi connectivity index (χ0) is 15.6. The summed E-state index contributed by atoms with van der Waals surface area (Å²) in [7, 11) is 0. The number of nitrogens with one attached hydrogen (secondary N) is 1. The molecule has 1 aromatic carbocycles. The Hall–Kier alpha value is -2.37. The Balaban J connectivity index is 2.60. The third kappa shape index (κ3) is 2.89. The number of anilines is 1. The molecule has 0 radical (unpaired) electrons. The van der Waals surface area contributed by atoms with Gasteiger partial charge >= 0.3 is 0 Å². The molecule has 6 heteroatoms. The Labute approximate surface area is 123 Å². The van der Waals surface area contributed by atoms with Crippen LogP contribution in [-0.2, 0) is 6.42 Å². The van der Waals surface area contributed by atoms with E-state index in [4.69, 9.17) is 0 Å². The van der Waals surface area contributed by atoms with Crippen LogP contribution in [0.1, 0.15) is 30.8 Å². The van der Waals surface area contributed by atoms with Gasteiger partial charge in [-0.1, -0.05) is 6.92 Å². The lowest BCUT2D eigenvalue weighted by Gasteiger charge is -2.09. The van der Waals surface area contributed by atoms with Crippen molar-refractivity contribution >= 4 is 11.4 Å². The van der Waals surface area contributed by atoms with Crippen LogP contribution in [0.5, 0.6) is 0 Å². The number of benzene rings is 1. The molecular formula is C15H20N4O2. The summed E-state index contributed by atoms with van der Waals surface area (Å²) in [6.45, 7) is 8.70. The first-order valence-corrected chi connectivity index (χ1v) is 7.06. The molecule has 0 bridgehead atoms. The van der Waals surface area contributed by atoms with Crippen molar-refractivity contribution in [3.8, 4) is 5.69 Å². The Bertz CT molecular complexity index is 677. The van der Waals surface area contributed by atoms with E-state index < -0.39 is 0 Å². The van der Waals surface area contributed by atoms with Gasteiger partial charge in [0.05, 0.1) is 16.3 Å². The highest BCUT2D eigenvalue weighted by Crippen LogP contribution is 2.26. The number of nitrogens with zero attached hydrogens (tertiary/aromatic N) is 3. The Morgan fingerprint density at radius 2 is 2.00 bits per heavy atom. The van der Waals surface area contributed by atoms with E-state index in [1.807, 2.05) is 26.8 Å². The molecule has 1 N–H and O–H groups in total. The molecule has 1 aromatic heterocycles. The lowest BCUT2D eigenvalue weighted by molar-refractivity contribution is -0.384. The number of aromatic nitrogens is 2. The predicted octanol–water partition coefficient (Wildman–Crippen LogP) is 3.39. The number of hydrogen-bond donors (Lipinski definition) is 1. The molecule has 6 nitrogen and oxygen atoms in total. The van der Waals surface area contributed by atoms with Crippen LogP contribution >= 0.6 is 0 Å². The average Bonchev–Trinajstić information content (AvgIpc) is 2.73. The van der Waals surface area contributed by atoms with Gasteiger partial charge in [-0.15, -0.1) is 0 Å². The zero-order valence-corrected chi connectivity index (χ0v) is 12.8. The van der Waals surface area contributed by atoms with Crippen LogP contribution in [-0.4, -0.2) is 21.2 Å². The number of rotatable bonds is 5. The van der Waals surface area contributed by atoms with Crippen molar-refractivity contribution in [2.45, 2.75) is 34.1 Å². The molecule has 0 atom stereocenters. The highest BCUT2D eigenvalue weighted by molar-refractivity contribution is 5.59. The fraction of sp³-hybridized carbons (Fsp3) is 0.400. The molecular weight excluding hydrogens is 268 g/mol. The summed E-state index contributed by atoms with van der Waals surface area (Å²) < 4.78 is 1.78. The Morgan fingerprint density at radius 3 is 2.52 bits per heavy atom. The van der Waals surface area contributed by atoms with Crippen molar-refractivity contribution in [1.82, 2.24) is 9.78 Å². The first-order chi connectivity index (χ1) is 9.97. The quantitative estimate of drug-likeness (QED) is 0.676. The molecule has 0 aliphatic heterocycles. The van der Waals surface area contributed by atoms with Crippen LogP contribution in [0.3, 0.4) is 0 Å². The van der Waals surface area contributed by atoms with Gasteiger partial charge in [0.2, 0.25) is 0 Å². The smallest absolute Gasteiger partial charge is 0.273 e. The SMILES string of the molecule is CCNc1cc(-n2nc(C)c(CC)c2C)cc([N+](=O)[O-])c1. The molecule has 21 heavy (non-hydrogen) atoms. The third-order valence-corrected chi connectivity index (χ3v) is 3.53. The number of hydrogen-bond acceptors (Lipinski definition) is 4. The van der Waals surface area contributed by atoms with E-state index in [9.17, 15) is 10.1 Å². The second-order valence-corrected chi connectivity index (χ2v) is 4.94.